The van der Waals surface area contributed by atoms with Gasteiger partial charge in [0.25, 0.3) is 0 Å². The zero-order valence-electron chi connectivity index (χ0n) is 13.5. The van der Waals surface area contributed by atoms with Gasteiger partial charge in [-0.1, -0.05) is 0 Å². The molecule has 3 fully saturated rings. The lowest BCUT2D eigenvalue weighted by atomic mass is 9.87. The molecule has 24 heavy (non-hydrogen) atoms. The molecule has 0 radical (unpaired) electrons. The van der Waals surface area contributed by atoms with E-state index < -0.39 is 5.92 Å². The number of halogens is 1. The summed E-state index contributed by atoms with van der Waals surface area (Å²) in [7, 11) is 0. The number of carbonyl (C=O) groups excluding carboxylic acids is 2. The molecule has 3 aliphatic heterocycles. The first-order valence-corrected chi connectivity index (χ1v) is 8.52. The molecule has 3 aliphatic rings. The van der Waals surface area contributed by atoms with Gasteiger partial charge in [-0.05, 0) is 43.5 Å². The molecular weight excluding hydrogens is 311 g/mol. The zero-order chi connectivity index (χ0) is 16.7. The van der Waals surface area contributed by atoms with E-state index in [1.54, 1.807) is 17.0 Å². The van der Waals surface area contributed by atoms with Crippen LogP contribution in [0.15, 0.2) is 24.3 Å². The quantitative estimate of drug-likeness (QED) is 0.776. The Balaban J connectivity index is 1.44. The second kappa shape index (κ2) is 5.84. The van der Waals surface area contributed by atoms with Crippen molar-refractivity contribution >= 4 is 17.5 Å². The molecule has 6 heteroatoms. The molecule has 0 aliphatic carbocycles. The first kappa shape index (κ1) is 15.6. The summed E-state index contributed by atoms with van der Waals surface area (Å²) in [4.78, 5) is 28.9. The van der Waals surface area contributed by atoms with Crippen molar-refractivity contribution in [3.63, 3.8) is 0 Å². The van der Waals surface area contributed by atoms with Crippen LogP contribution in [0.1, 0.15) is 19.3 Å². The average molecular weight is 332 g/mol. The molecule has 128 valence electrons. The molecule has 1 aromatic carbocycles. The van der Waals surface area contributed by atoms with Crippen LogP contribution in [0.3, 0.4) is 0 Å². The van der Waals surface area contributed by atoms with Crippen molar-refractivity contribution in [3.8, 4) is 0 Å². The molecule has 4 rings (SSSR count). The summed E-state index contributed by atoms with van der Waals surface area (Å²) >= 11 is 0. The van der Waals surface area contributed by atoms with Crippen LogP contribution in [-0.4, -0.2) is 49.6 Å². The van der Waals surface area contributed by atoms with E-state index >= 15 is 0 Å². The number of likely N-dealkylation sites (tertiary alicyclic amines) is 1. The Labute approximate surface area is 140 Å². The van der Waals surface area contributed by atoms with E-state index in [-0.39, 0.29) is 23.0 Å². The van der Waals surface area contributed by atoms with E-state index in [2.05, 4.69) is 0 Å². The number of hydrogen-bond donors (Lipinski definition) is 0. The molecule has 0 unspecified atom stereocenters. The van der Waals surface area contributed by atoms with Gasteiger partial charge in [-0.15, -0.1) is 0 Å². The average Bonchev–Trinajstić information content (AvgIpc) is 3.30. The van der Waals surface area contributed by atoms with Crippen molar-refractivity contribution in [2.75, 3.05) is 37.7 Å². The van der Waals surface area contributed by atoms with Crippen molar-refractivity contribution in [3.05, 3.63) is 30.1 Å². The third kappa shape index (κ3) is 2.59. The number of rotatable bonds is 2. The zero-order valence-corrected chi connectivity index (χ0v) is 13.5. The maximum atomic E-state index is 13.1. The number of amides is 2. The van der Waals surface area contributed by atoms with Crippen molar-refractivity contribution in [2.24, 2.45) is 11.3 Å². The third-order valence-corrected chi connectivity index (χ3v) is 5.58. The maximum Gasteiger partial charge on any atom is 0.239 e. The standard InChI is InChI=1S/C18H21FN2O3/c19-13-1-3-14(4-2-13)21-8-5-15(17(21)23)16(22)20-9-6-18(11-20)7-10-24-12-18/h1-4,15H,5-12H2/t15-,18-/m1/s1. The van der Waals surface area contributed by atoms with Gasteiger partial charge < -0.3 is 14.5 Å². The van der Waals surface area contributed by atoms with Crippen LogP contribution < -0.4 is 4.90 Å². The summed E-state index contributed by atoms with van der Waals surface area (Å²) in [6, 6.07) is 5.84. The maximum absolute atomic E-state index is 13.1. The molecule has 0 aromatic heterocycles. The van der Waals surface area contributed by atoms with Gasteiger partial charge in [0, 0.05) is 37.3 Å². The summed E-state index contributed by atoms with van der Waals surface area (Å²) in [6.45, 7) is 3.40. The largest absolute Gasteiger partial charge is 0.381 e. The Bertz CT molecular complexity index is 655. The minimum absolute atomic E-state index is 0.0617. The van der Waals surface area contributed by atoms with Gasteiger partial charge in [-0.2, -0.15) is 0 Å². The molecule has 2 atom stereocenters. The van der Waals surface area contributed by atoms with E-state index in [0.717, 1.165) is 26.1 Å². The second-order valence-corrected chi connectivity index (χ2v) is 7.12. The van der Waals surface area contributed by atoms with Crippen molar-refractivity contribution in [1.82, 2.24) is 4.90 Å². The van der Waals surface area contributed by atoms with Crippen molar-refractivity contribution in [2.45, 2.75) is 19.3 Å². The van der Waals surface area contributed by atoms with Crippen LogP contribution in [-0.2, 0) is 14.3 Å². The highest BCUT2D eigenvalue weighted by Gasteiger charge is 2.46. The topological polar surface area (TPSA) is 49.9 Å². The summed E-state index contributed by atoms with van der Waals surface area (Å²) in [5, 5.41) is 0. The normalized spacial score (nSPS) is 29.9. The monoisotopic (exact) mass is 332 g/mol. The molecule has 3 saturated heterocycles. The minimum atomic E-state index is -0.604. The fourth-order valence-corrected chi connectivity index (χ4v) is 4.10. The van der Waals surface area contributed by atoms with Gasteiger partial charge in [0.2, 0.25) is 11.8 Å². The minimum Gasteiger partial charge on any atom is -0.381 e. The Kier molecular flexibility index (Phi) is 3.79. The second-order valence-electron chi connectivity index (χ2n) is 7.12. The molecular formula is C18H21FN2O3. The van der Waals surface area contributed by atoms with E-state index in [1.807, 2.05) is 4.90 Å². The molecule has 5 nitrogen and oxygen atoms in total. The van der Waals surface area contributed by atoms with Crippen LogP contribution >= 0.6 is 0 Å². The number of benzene rings is 1. The van der Waals surface area contributed by atoms with Gasteiger partial charge >= 0.3 is 0 Å². The Morgan fingerprint density at radius 1 is 1.21 bits per heavy atom. The highest BCUT2D eigenvalue weighted by molar-refractivity contribution is 6.09. The van der Waals surface area contributed by atoms with E-state index in [4.69, 9.17) is 4.74 Å². The highest BCUT2D eigenvalue weighted by Crippen LogP contribution is 2.39. The SMILES string of the molecule is O=C([C@H]1CCN(c2ccc(F)cc2)C1=O)N1CC[C@@]2(CCOC2)C1. The van der Waals surface area contributed by atoms with Gasteiger partial charge in [0.1, 0.15) is 11.7 Å². The van der Waals surface area contributed by atoms with Crippen molar-refractivity contribution < 1.29 is 18.7 Å². The van der Waals surface area contributed by atoms with Gasteiger partial charge in [-0.25, -0.2) is 4.39 Å². The van der Waals surface area contributed by atoms with Crippen molar-refractivity contribution in [1.29, 1.82) is 0 Å². The summed E-state index contributed by atoms with van der Waals surface area (Å²) in [5.74, 6) is -1.17. The molecule has 2 amide bonds. The number of anilines is 1. The molecule has 1 aromatic rings. The number of nitrogens with zero attached hydrogens (tertiary/aromatic N) is 2. The summed E-state index contributed by atoms with van der Waals surface area (Å²) in [5.41, 5.74) is 0.757. The van der Waals surface area contributed by atoms with Crippen LogP contribution in [0.2, 0.25) is 0 Å². The molecule has 0 N–H and O–H groups in total. The molecule has 3 heterocycles. The van der Waals surface area contributed by atoms with Crippen LogP contribution in [0.25, 0.3) is 0 Å². The lowest BCUT2D eigenvalue weighted by Gasteiger charge is -2.24. The van der Waals surface area contributed by atoms with Crippen LogP contribution in [0, 0.1) is 17.2 Å². The van der Waals surface area contributed by atoms with E-state index in [0.29, 0.717) is 31.7 Å². The lowest BCUT2D eigenvalue weighted by Crippen LogP contribution is -2.40. The van der Waals surface area contributed by atoms with E-state index in [1.165, 1.54) is 12.1 Å². The fourth-order valence-electron chi connectivity index (χ4n) is 4.10. The smallest absolute Gasteiger partial charge is 0.239 e. The van der Waals surface area contributed by atoms with Gasteiger partial charge in [0.05, 0.1) is 6.61 Å². The first-order valence-electron chi connectivity index (χ1n) is 8.52. The molecule has 0 bridgehead atoms. The Morgan fingerprint density at radius 3 is 2.71 bits per heavy atom. The predicted molar refractivity (Wildman–Crippen MR) is 85.9 cm³/mol. The summed E-state index contributed by atoms with van der Waals surface area (Å²) < 4.78 is 18.5. The number of ether oxygens (including phenoxy) is 1. The third-order valence-electron chi connectivity index (χ3n) is 5.58. The number of carbonyl (C=O) groups is 2. The molecule has 0 saturated carbocycles. The fraction of sp³-hybridized carbons (Fsp3) is 0.556. The highest BCUT2D eigenvalue weighted by atomic mass is 19.1. The Hall–Kier alpha value is -1.95. The van der Waals surface area contributed by atoms with Gasteiger partial charge in [0.15, 0.2) is 0 Å². The lowest BCUT2D eigenvalue weighted by molar-refractivity contribution is -0.139. The first-order chi connectivity index (χ1) is 11.6. The predicted octanol–water partition coefficient (Wildman–Crippen LogP) is 1.82. The number of hydrogen-bond acceptors (Lipinski definition) is 3. The van der Waals surface area contributed by atoms with Gasteiger partial charge in [-0.3, -0.25) is 9.59 Å². The van der Waals surface area contributed by atoms with Crippen LogP contribution in [0.5, 0.6) is 0 Å². The van der Waals surface area contributed by atoms with E-state index in [9.17, 15) is 14.0 Å². The Morgan fingerprint density at radius 2 is 2.00 bits per heavy atom. The molecule has 1 spiro atoms. The summed E-state index contributed by atoms with van der Waals surface area (Å²) in [6.07, 6.45) is 2.48. The van der Waals surface area contributed by atoms with Crippen LogP contribution in [0.4, 0.5) is 10.1 Å².